The van der Waals surface area contributed by atoms with Crippen molar-refractivity contribution in [1.29, 1.82) is 5.41 Å². The number of nitrogens with one attached hydrogen (secondary N) is 3. The van der Waals surface area contributed by atoms with Gasteiger partial charge in [-0.25, -0.2) is 4.98 Å². The Bertz CT molecular complexity index is 1450. The number of aliphatic hydroxyl groups is 1. The number of aliphatic imine (C=N–C) groups is 1. The Hall–Kier alpha value is -3.74. The summed E-state index contributed by atoms with van der Waals surface area (Å²) >= 11 is 6.71. The summed E-state index contributed by atoms with van der Waals surface area (Å²) in [5.41, 5.74) is 2.23. The molecule has 0 aliphatic carbocycles. The number of anilines is 2. The number of pyridine rings is 1. The summed E-state index contributed by atoms with van der Waals surface area (Å²) < 4.78 is 15.0. The zero-order valence-electron chi connectivity index (χ0n) is 20.9. The summed E-state index contributed by atoms with van der Waals surface area (Å²) in [5, 5.41) is 29.4. The first-order chi connectivity index (χ1) is 17.7. The molecular weight excluding hydrogens is 498 g/mol. The van der Waals surface area contributed by atoms with Crippen LogP contribution < -0.4 is 15.4 Å². The number of fused-ring (bicyclic) bond motifs is 1. The third kappa shape index (κ3) is 4.70. The van der Waals surface area contributed by atoms with E-state index >= 15 is 0 Å². The average molecular weight is 526 g/mol. The van der Waals surface area contributed by atoms with E-state index in [-0.39, 0.29) is 29.6 Å². The van der Waals surface area contributed by atoms with Crippen LogP contribution in [0.3, 0.4) is 0 Å². The molecule has 2 atom stereocenters. The first-order valence-corrected chi connectivity index (χ1v) is 12.1. The second-order valence-electron chi connectivity index (χ2n) is 9.77. The van der Waals surface area contributed by atoms with Crippen molar-refractivity contribution in [3.05, 3.63) is 46.8 Å². The van der Waals surface area contributed by atoms with Gasteiger partial charge in [-0.3, -0.25) is 9.67 Å². The fraction of sp³-hybridized carbons (Fsp3) is 0.375. The lowest BCUT2D eigenvalue weighted by molar-refractivity contribution is 0.117. The maximum Gasteiger partial charge on any atom is 0.210 e. The summed E-state index contributed by atoms with van der Waals surface area (Å²) in [7, 11) is 1.81. The number of hydrogen-bond acceptors (Lipinski definition) is 10. The second-order valence-corrected chi connectivity index (χ2v) is 10.2. The molecule has 0 unspecified atom stereocenters. The van der Waals surface area contributed by atoms with Gasteiger partial charge in [0.15, 0.2) is 23.0 Å². The van der Waals surface area contributed by atoms with Gasteiger partial charge in [-0.1, -0.05) is 32.4 Å². The van der Waals surface area contributed by atoms with Gasteiger partial charge in [-0.2, -0.15) is 10.1 Å². The molecular formula is C24H28ClN9O3. The molecule has 0 aromatic carbocycles. The number of aromatic nitrogens is 5. The quantitative estimate of drug-likeness (QED) is 0.283. The standard InChI is InChI=1S/C24H28ClN9O3/c1-24(2,3)18-7-19(32-34(18)14-11-36-12-15(14)35)30-23-31-22-21(33(23)4)20(25)17(10-29-22)37-16(8-26)13-9-27-5-6-28-13/h5-10,14-15,26,28,35H,11-12H2,1-4H3,(H,29,30,31,32)/b16-13+,26-8?/t14-,15-/m0/s1. The zero-order valence-corrected chi connectivity index (χ0v) is 21.6. The Morgan fingerprint density at radius 3 is 2.84 bits per heavy atom. The maximum absolute atomic E-state index is 10.4. The highest BCUT2D eigenvalue weighted by atomic mass is 35.5. The molecule has 3 aromatic heterocycles. The molecule has 2 aliphatic heterocycles. The Balaban J connectivity index is 1.48. The second kappa shape index (κ2) is 9.61. The minimum absolute atomic E-state index is 0.215. The average Bonchev–Trinajstić information content (AvgIpc) is 3.57. The molecule has 13 heteroatoms. The van der Waals surface area contributed by atoms with Gasteiger partial charge in [-0.15, -0.1) is 0 Å². The Morgan fingerprint density at radius 2 is 2.19 bits per heavy atom. The van der Waals surface area contributed by atoms with Gasteiger partial charge in [0.2, 0.25) is 5.95 Å². The van der Waals surface area contributed by atoms with E-state index in [1.165, 1.54) is 6.20 Å². The summed E-state index contributed by atoms with van der Waals surface area (Å²) in [6, 6.07) is 1.68. The largest absolute Gasteiger partial charge is 0.450 e. The molecule has 5 rings (SSSR count). The van der Waals surface area contributed by atoms with Crippen molar-refractivity contribution in [1.82, 2.24) is 29.6 Å². The van der Waals surface area contributed by atoms with Gasteiger partial charge in [-0.05, 0) is 0 Å². The minimum Gasteiger partial charge on any atom is -0.450 e. The molecule has 1 fully saturated rings. The van der Waals surface area contributed by atoms with Gasteiger partial charge in [0.1, 0.15) is 28.4 Å². The van der Waals surface area contributed by atoms with Crippen LogP contribution in [0.2, 0.25) is 5.02 Å². The smallest absolute Gasteiger partial charge is 0.210 e. The summed E-state index contributed by atoms with van der Waals surface area (Å²) in [5.74, 6) is 1.55. The topological polar surface area (TPSA) is 147 Å². The van der Waals surface area contributed by atoms with Crippen LogP contribution >= 0.6 is 11.6 Å². The van der Waals surface area contributed by atoms with Gasteiger partial charge >= 0.3 is 0 Å². The van der Waals surface area contributed by atoms with E-state index in [1.54, 1.807) is 30.2 Å². The molecule has 3 aromatic rings. The van der Waals surface area contributed by atoms with Crippen molar-refractivity contribution in [2.75, 3.05) is 18.5 Å². The van der Waals surface area contributed by atoms with Gasteiger partial charge in [0.05, 0.1) is 31.8 Å². The monoisotopic (exact) mass is 525 g/mol. The van der Waals surface area contributed by atoms with Crippen LogP contribution in [0.25, 0.3) is 11.2 Å². The summed E-state index contributed by atoms with van der Waals surface area (Å²) in [4.78, 5) is 13.0. The van der Waals surface area contributed by atoms with Gasteiger partial charge in [0, 0.05) is 36.6 Å². The number of imidazole rings is 1. The molecule has 0 amide bonds. The predicted octanol–water partition coefficient (Wildman–Crippen LogP) is 3.18. The number of ether oxygens (including phenoxy) is 2. The van der Waals surface area contributed by atoms with Crippen molar-refractivity contribution in [2.45, 2.75) is 38.3 Å². The third-order valence-corrected chi connectivity index (χ3v) is 6.47. The van der Waals surface area contributed by atoms with Crippen molar-refractivity contribution in [3.8, 4) is 5.75 Å². The number of rotatable bonds is 6. The lowest BCUT2D eigenvalue weighted by atomic mass is 9.91. The highest BCUT2D eigenvalue weighted by Crippen LogP contribution is 2.35. The van der Waals surface area contributed by atoms with Crippen LogP contribution in [0.5, 0.6) is 5.75 Å². The molecule has 0 radical (unpaired) electrons. The molecule has 1 saturated heterocycles. The van der Waals surface area contributed by atoms with E-state index in [0.717, 1.165) is 11.9 Å². The first-order valence-electron chi connectivity index (χ1n) is 11.7. The van der Waals surface area contributed by atoms with Crippen LogP contribution in [0.15, 0.2) is 41.1 Å². The van der Waals surface area contributed by atoms with E-state index in [0.29, 0.717) is 40.3 Å². The minimum atomic E-state index is -0.627. The number of hydrogen-bond donors (Lipinski definition) is 4. The lowest BCUT2D eigenvalue weighted by Gasteiger charge is -2.24. The molecule has 194 valence electrons. The first kappa shape index (κ1) is 24.9. The van der Waals surface area contributed by atoms with E-state index in [2.05, 4.69) is 46.4 Å². The SMILES string of the molecule is Cn1c(Nc2cc(C(C)(C)C)n([C@H]3COC[C@@H]3O)n2)nc2ncc(O/C(C=N)=C3\C=NC=CN3)c(Cl)c21. The van der Waals surface area contributed by atoms with Gasteiger partial charge < -0.3 is 35.2 Å². The third-order valence-electron chi connectivity index (χ3n) is 6.10. The molecule has 2 aliphatic rings. The van der Waals surface area contributed by atoms with E-state index in [9.17, 15) is 5.11 Å². The van der Waals surface area contributed by atoms with Crippen molar-refractivity contribution in [3.63, 3.8) is 0 Å². The zero-order chi connectivity index (χ0) is 26.3. The number of allylic oxidation sites excluding steroid dienone is 2. The highest BCUT2D eigenvalue weighted by Gasteiger charge is 2.33. The summed E-state index contributed by atoms with van der Waals surface area (Å²) in [6.45, 7) is 6.96. The molecule has 37 heavy (non-hydrogen) atoms. The van der Waals surface area contributed by atoms with Crippen LogP contribution in [-0.2, 0) is 17.2 Å². The van der Waals surface area contributed by atoms with Crippen molar-refractivity contribution in [2.24, 2.45) is 12.0 Å². The normalized spacial score (nSPS) is 20.8. The van der Waals surface area contributed by atoms with Gasteiger partial charge in [0.25, 0.3) is 0 Å². The Labute approximate surface area is 218 Å². The number of aryl methyl sites for hydroxylation is 1. The fourth-order valence-electron chi connectivity index (χ4n) is 4.18. The van der Waals surface area contributed by atoms with E-state index < -0.39 is 6.10 Å². The maximum atomic E-state index is 10.4. The van der Waals surface area contributed by atoms with E-state index in [1.807, 2.05) is 10.7 Å². The number of aliphatic hydroxyl groups excluding tert-OH is 1. The molecule has 0 bridgehead atoms. The Morgan fingerprint density at radius 1 is 1.38 bits per heavy atom. The number of halogens is 1. The lowest BCUT2D eigenvalue weighted by Crippen LogP contribution is -2.28. The van der Waals surface area contributed by atoms with Crippen LogP contribution in [0.4, 0.5) is 11.8 Å². The van der Waals surface area contributed by atoms with Crippen LogP contribution in [-0.4, -0.2) is 61.2 Å². The highest BCUT2D eigenvalue weighted by molar-refractivity contribution is 6.36. The number of nitrogens with zero attached hydrogens (tertiary/aromatic N) is 6. The van der Waals surface area contributed by atoms with Crippen molar-refractivity contribution < 1.29 is 14.6 Å². The van der Waals surface area contributed by atoms with Crippen LogP contribution in [0.1, 0.15) is 32.5 Å². The fourth-order valence-corrected chi connectivity index (χ4v) is 4.48. The summed E-state index contributed by atoms with van der Waals surface area (Å²) in [6.07, 6.45) is 6.69. The van der Waals surface area contributed by atoms with E-state index in [4.69, 9.17) is 31.6 Å². The Kier molecular flexibility index (Phi) is 6.48. The van der Waals surface area contributed by atoms with Crippen LogP contribution in [0, 0.1) is 5.41 Å². The molecule has 0 spiro atoms. The molecule has 0 saturated carbocycles. The molecule has 5 heterocycles. The molecule has 12 nitrogen and oxygen atoms in total. The predicted molar refractivity (Wildman–Crippen MR) is 141 cm³/mol. The van der Waals surface area contributed by atoms with Crippen molar-refractivity contribution >= 4 is 47.0 Å². The molecule has 4 N–H and O–H groups in total.